The zero-order valence-electron chi connectivity index (χ0n) is 23.7. The number of nitrogens with two attached hydrogens (primary N) is 1. The number of sulfonamides is 1. The van der Waals surface area contributed by atoms with Crippen LogP contribution >= 0.6 is 0 Å². The summed E-state index contributed by atoms with van der Waals surface area (Å²) in [7, 11) is -4.36. The fraction of sp³-hybridized carbons (Fsp3) is 0.577. The van der Waals surface area contributed by atoms with E-state index in [1.165, 1.54) is 29.1 Å². The Hall–Kier alpha value is -3.49. The molecule has 1 atom stereocenters. The lowest BCUT2D eigenvalue weighted by atomic mass is 9.85. The van der Waals surface area contributed by atoms with Crippen LogP contribution in [0.3, 0.4) is 0 Å². The molecule has 0 radical (unpaired) electrons. The third-order valence-corrected chi connectivity index (χ3v) is 8.39. The van der Waals surface area contributed by atoms with Gasteiger partial charge in [0.1, 0.15) is 11.9 Å². The number of carbonyl (C=O) groups is 2. The minimum atomic E-state index is -4.79. The maximum absolute atomic E-state index is 14.1. The van der Waals surface area contributed by atoms with Crippen molar-refractivity contribution in [1.82, 2.24) is 9.78 Å². The Labute approximate surface area is 236 Å². The van der Waals surface area contributed by atoms with Crippen molar-refractivity contribution in [2.45, 2.75) is 83.7 Å². The van der Waals surface area contributed by atoms with Crippen molar-refractivity contribution in [2.24, 2.45) is 11.1 Å². The summed E-state index contributed by atoms with van der Waals surface area (Å²) in [6.45, 7) is 8.44. The number of nitrogens with zero attached hydrogens (tertiary/aromatic N) is 3. The highest BCUT2D eigenvalue weighted by molar-refractivity contribution is 7.93. The van der Waals surface area contributed by atoms with Gasteiger partial charge in [0.25, 0.3) is 15.9 Å². The minimum absolute atomic E-state index is 0.0465. The summed E-state index contributed by atoms with van der Waals surface area (Å²) in [6, 6.07) is 4.18. The van der Waals surface area contributed by atoms with Crippen LogP contribution in [0.4, 0.5) is 18.9 Å². The fourth-order valence-electron chi connectivity index (χ4n) is 4.10. The summed E-state index contributed by atoms with van der Waals surface area (Å²) >= 11 is 0. The monoisotopic (exact) mass is 604 g/mol. The molecule has 41 heavy (non-hydrogen) atoms. The number of esters is 1. The Morgan fingerprint density at radius 2 is 1.83 bits per heavy atom. The van der Waals surface area contributed by atoms with E-state index in [1.54, 1.807) is 27.7 Å². The molecular weight excluding hydrogens is 569 g/mol. The first-order valence-electron chi connectivity index (χ1n) is 12.9. The van der Waals surface area contributed by atoms with Crippen molar-refractivity contribution in [3.05, 3.63) is 30.0 Å². The molecule has 0 bridgehead atoms. The van der Waals surface area contributed by atoms with Gasteiger partial charge in [-0.25, -0.2) is 8.42 Å². The first kappa shape index (κ1) is 32.0. The lowest BCUT2D eigenvalue weighted by Gasteiger charge is -2.38. The second-order valence-electron chi connectivity index (χ2n) is 10.8. The normalized spacial score (nSPS) is 16.1. The van der Waals surface area contributed by atoms with E-state index in [2.05, 4.69) is 9.84 Å². The molecule has 1 aliphatic heterocycles. The summed E-state index contributed by atoms with van der Waals surface area (Å²) in [4.78, 5) is 24.2. The van der Waals surface area contributed by atoms with Crippen LogP contribution in [0.15, 0.2) is 29.3 Å². The Morgan fingerprint density at radius 3 is 2.39 bits per heavy atom. The topological polar surface area (TPSA) is 143 Å². The van der Waals surface area contributed by atoms with Crippen LogP contribution in [-0.4, -0.2) is 61.1 Å². The molecule has 2 heterocycles. The fourth-order valence-corrected chi connectivity index (χ4v) is 5.67. The number of rotatable bonds is 11. The number of anilines is 1. The zero-order valence-corrected chi connectivity index (χ0v) is 24.6. The molecule has 1 aromatic carbocycles. The molecule has 228 valence electrons. The number of fused-ring (bicyclic) bond motifs is 1. The number of halogens is 3. The van der Waals surface area contributed by atoms with E-state index in [4.69, 9.17) is 15.2 Å². The van der Waals surface area contributed by atoms with Gasteiger partial charge in [0.15, 0.2) is 4.90 Å². The average molecular weight is 605 g/mol. The van der Waals surface area contributed by atoms with Crippen LogP contribution in [0.2, 0.25) is 0 Å². The molecule has 11 nitrogen and oxygen atoms in total. The van der Waals surface area contributed by atoms with E-state index < -0.39 is 51.6 Å². The third kappa shape index (κ3) is 6.88. The van der Waals surface area contributed by atoms with E-state index in [0.29, 0.717) is 6.54 Å². The first-order valence-corrected chi connectivity index (χ1v) is 14.4. The van der Waals surface area contributed by atoms with Crippen LogP contribution in [0.25, 0.3) is 0 Å². The van der Waals surface area contributed by atoms with Crippen molar-refractivity contribution in [3.8, 4) is 11.6 Å². The molecule has 1 aromatic heterocycles. The van der Waals surface area contributed by atoms with Gasteiger partial charge in [-0.1, -0.05) is 19.9 Å². The van der Waals surface area contributed by atoms with Crippen LogP contribution in [0.5, 0.6) is 11.6 Å². The number of primary amides is 1. The third-order valence-electron chi connectivity index (χ3n) is 6.63. The molecular formula is C26H35F3N4O7S. The van der Waals surface area contributed by atoms with Crippen LogP contribution in [0.1, 0.15) is 53.5 Å². The molecule has 0 saturated heterocycles. The number of carbonyl (C=O) groups excluding carboxylic acids is 2. The van der Waals surface area contributed by atoms with E-state index in [1.807, 2.05) is 0 Å². The predicted octanol–water partition coefficient (Wildman–Crippen LogP) is 3.59. The number of alkyl halides is 3. The van der Waals surface area contributed by atoms with Crippen molar-refractivity contribution in [3.63, 3.8) is 0 Å². The predicted molar refractivity (Wildman–Crippen MR) is 142 cm³/mol. The van der Waals surface area contributed by atoms with Gasteiger partial charge >= 0.3 is 12.1 Å². The molecule has 0 saturated carbocycles. The van der Waals surface area contributed by atoms with Crippen LogP contribution < -0.4 is 19.5 Å². The van der Waals surface area contributed by atoms with Gasteiger partial charge in [0.05, 0.1) is 25.3 Å². The van der Waals surface area contributed by atoms with E-state index in [9.17, 15) is 31.2 Å². The second-order valence-corrected chi connectivity index (χ2v) is 12.6. The average Bonchev–Trinajstić information content (AvgIpc) is 3.26. The van der Waals surface area contributed by atoms with Gasteiger partial charge in [0.2, 0.25) is 11.5 Å². The van der Waals surface area contributed by atoms with Crippen molar-refractivity contribution >= 4 is 27.6 Å². The number of aromatic nitrogens is 2. The molecule has 1 aliphatic rings. The van der Waals surface area contributed by atoms with Crippen LogP contribution in [0, 0.1) is 5.41 Å². The summed E-state index contributed by atoms with van der Waals surface area (Å²) in [5, 5.41) is 4.19. The Kier molecular flexibility index (Phi) is 8.92. The molecule has 0 spiro atoms. The molecule has 0 aliphatic carbocycles. The second kappa shape index (κ2) is 11.4. The molecule has 3 rings (SSSR count). The van der Waals surface area contributed by atoms with Gasteiger partial charge in [-0.3, -0.25) is 18.6 Å². The number of benzene rings is 1. The van der Waals surface area contributed by atoms with E-state index in [0.717, 1.165) is 18.2 Å². The molecule has 0 fully saturated rings. The van der Waals surface area contributed by atoms with Crippen LogP contribution in [-0.2, 0) is 37.3 Å². The Balaban J connectivity index is 2.06. The van der Waals surface area contributed by atoms with Crippen molar-refractivity contribution in [1.29, 1.82) is 0 Å². The highest BCUT2D eigenvalue weighted by Gasteiger charge is 2.50. The maximum Gasteiger partial charge on any atom is 0.427 e. The highest BCUT2D eigenvalue weighted by atomic mass is 32.2. The minimum Gasteiger partial charge on any atom is -0.486 e. The SMILES string of the molecule is CCOc1nn(CC)cc1S(=O)(=O)N1C[C@H](CC(C)(C)C(N)=O)Oc2ccc(CC(=O)OC(C)(C)C(F)(F)F)cc21. The standard InChI is InChI=1S/C26H35F3N4O7S/c1-7-32-15-20(22(31-32)38-8-2)41(36,37)33-14-17(13-24(3,4)23(30)35)39-19-10-9-16(11-18(19)33)12-21(34)40-25(5,6)26(27,28)29/h9-11,15,17H,7-8,12-14H2,1-6H3,(H2,30,35)/t17-/m0/s1. The zero-order chi connectivity index (χ0) is 31.0. The van der Waals surface area contributed by atoms with Crippen molar-refractivity contribution in [2.75, 3.05) is 17.5 Å². The molecule has 2 N–H and O–H groups in total. The summed E-state index contributed by atoms with van der Waals surface area (Å²) in [5.41, 5.74) is 2.03. The smallest absolute Gasteiger partial charge is 0.427 e. The number of hydrogen-bond acceptors (Lipinski definition) is 8. The molecule has 15 heteroatoms. The van der Waals surface area contributed by atoms with Crippen molar-refractivity contribution < 1.29 is 45.4 Å². The summed E-state index contributed by atoms with van der Waals surface area (Å²) in [6.07, 6.45) is -4.72. The summed E-state index contributed by atoms with van der Waals surface area (Å²) < 4.78 is 86.4. The Morgan fingerprint density at radius 1 is 1.17 bits per heavy atom. The maximum atomic E-state index is 14.1. The molecule has 2 aromatic rings. The molecule has 0 unspecified atom stereocenters. The van der Waals surface area contributed by atoms with Gasteiger partial charge in [0, 0.05) is 18.2 Å². The van der Waals surface area contributed by atoms with Gasteiger partial charge < -0.3 is 19.9 Å². The van der Waals surface area contributed by atoms with Gasteiger partial charge in [-0.15, -0.1) is 5.10 Å². The van der Waals surface area contributed by atoms with E-state index >= 15 is 0 Å². The van der Waals surface area contributed by atoms with Gasteiger partial charge in [-0.2, -0.15) is 13.2 Å². The number of hydrogen-bond donors (Lipinski definition) is 1. The highest BCUT2D eigenvalue weighted by Crippen LogP contribution is 2.41. The quantitative estimate of drug-likeness (QED) is 0.384. The first-order chi connectivity index (χ1) is 18.8. The lowest BCUT2D eigenvalue weighted by Crippen LogP contribution is -2.47. The number of amides is 1. The van der Waals surface area contributed by atoms with Gasteiger partial charge in [-0.05, 0) is 51.8 Å². The van der Waals surface area contributed by atoms with E-state index in [-0.39, 0.29) is 47.3 Å². The summed E-state index contributed by atoms with van der Waals surface area (Å²) in [5.74, 6) is -1.73. The Bertz CT molecular complexity index is 1400. The molecule has 1 amide bonds. The lowest BCUT2D eigenvalue weighted by molar-refractivity contribution is -0.257. The number of aryl methyl sites for hydroxylation is 1. The number of ether oxygens (including phenoxy) is 3. The largest absolute Gasteiger partial charge is 0.486 e.